The lowest BCUT2D eigenvalue weighted by atomic mass is 10.1. The van der Waals surface area contributed by atoms with Crippen molar-refractivity contribution in [1.82, 2.24) is 4.98 Å². The number of sulfone groups is 1. The lowest BCUT2D eigenvalue weighted by Gasteiger charge is -2.09. The second kappa shape index (κ2) is 5.71. The van der Waals surface area contributed by atoms with E-state index in [1.165, 1.54) is 36.7 Å². The topological polar surface area (TPSA) is 116 Å². The predicted octanol–water partition coefficient (Wildman–Crippen LogP) is 1.39. The molecule has 0 spiro atoms. The number of nitrogens with two attached hydrogens (primary N) is 2. The third kappa shape index (κ3) is 3.32. The third-order valence-corrected chi connectivity index (χ3v) is 4.91. The molecule has 0 fully saturated rings. The fourth-order valence-corrected chi connectivity index (χ4v) is 3.60. The molecule has 0 unspecified atom stereocenters. The van der Waals surface area contributed by atoms with Crippen LogP contribution in [0.5, 0.6) is 0 Å². The van der Waals surface area contributed by atoms with Crippen LogP contribution < -0.4 is 11.5 Å². The molecule has 1 aromatic carbocycles. The zero-order chi connectivity index (χ0) is 15.6. The molecule has 0 bridgehead atoms. The average molecular weight is 326 g/mol. The number of aromatic nitrogens is 1. The number of rotatable bonds is 4. The van der Waals surface area contributed by atoms with E-state index < -0.39 is 15.7 Å². The smallest absolute Gasteiger partial charge is 0.248 e. The Morgan fingerprint density at radius 1 is 1.29 bits per heavy atom. The summed E-state index contributed by atoms with van der Waals surface area (Å²) in [6, 6.07) is 5.55. The summed E-state index contributed by atoms with van der Waals surface area (Å²) in [5.74, 6) is -0.969. The van der Waals surface area contributed by atoms with E-state index in [4.69, 9.17) is 23.1 Å². The molecule has 110 valence electrons. The van der Waals surface area contributed by atoms with Crippen LogP contribution in [0.1, 0.15) is 15.9 Å². The van der Waals surface area contributed by atoms with Gasteiger partial charge in [-0.1, -0.05) is 17.7 Å². The van der Waals surface area contributed by atoms with Crippen LogP contribution in [0.2, 0.25) is 5.02 Å². The van der Waals surface area contributed by atoms with Crippen LogP contribution in [-0.4, -0.2) is 19.3 Å². The molecule has 0 saturated carbocycles. The van der Waals surface area contributed by atoms with Gasteiger partial charge in [0.05, 0.1) is 22.5 Å². The summed E-state index contributed by atoms with van der Waals surface area (Å²) < 4.78 is 24.7. The van der Waals surface area contributed by atoms with Gasteiger partial charge in [-0.3, -0.25) is 9.78 Å². The minimum absolute atomic E-state index is 0.00690. The molecule has 0 aliphatic carbocycles. The predicted molar refractivity (Wildman–Crippen MR) is 79.5 cm³/mol. The van der Waals surface area contributed by atoms with Crippen molar-refractivity contribution in [1.29, 1.82) is 0 Å². The average Bonchev–Trinajstić information content (AvgIpc) is 2.41. The lowest BCUT2D eigenvalue weighted by molar-refractivity contribution is 0.100. The highest BCUT2D eigenvalue weighted by Gasteiger charge is 2.20. The van der Waals surface area contributed by atoms with Crippen molar-refractivity contribution in [3.63, 3.8) is 0 Å². The fourth-order valence-electron chi connectivity index (χ4n) is 1.78. The summed E-state index contributed by atoms with van der Waals surface area (Å²) in [6.45, 7) is 0. The first-order chi connectivity index (χ1) is 9.81. The zero-order valence-electron chi connectivity index (χ0n) is 10.8. The number of carbonyl (C=O) groups is 1. The van der Waals surface area contributed by atoms with E-state index in [0.29, 0.717) is 5.56 Å². The van der Waals surface area contributed by atoms with Gasteiger partial charge in [-0.15, -0.1) is 0 Å². The Bertz CT molecular complexity index is 806. The quantitative estimate of drug-likeness (QED) is 0.881. The van der Waals surface area contributed by atoms with E-state index in [9.17, 15) is 13.2 Å². The summed E-state index contributed by atoms with van der Waals surface area (Å²) in [4.78, 5) is 14.8. The molecule has 1 heterocycles. The van der Waals surface area contributed by atoms with E-state index >= 15 is 0 Å². The first-order valence-corrected chi connectivity index (χ1v) is 7.85. The molecular weight excluding hydrogens is 314 g/mol. The van der Waals surface area contributed by atoms with Gasteiger partial charge in [0.2, 0.25) is 5.91 Å². The summed E-state index contributed by atoms with van der Waals surface area (Å²) in [7, 11) is -3.67. The van der Waals surface area contributed by atoms with Crippen molar-refractivity contribution in [3.05, 3.63) is 52.8 Å². The summed E-state index contributed by atoms with van der Waals surface area (Å²) >= 11 is 5.99. The van der Waals surface area contributed by atoms with Gasteiger partial charge in [0.15, 0.2) is 9.84 Å². The SMILES string of the molecule is NC(=O)c1ccc(CS(=O)(=O)c2ccncc2N)c(Cl)c1. The molecule has 4 N–H and O–H groups in total. The van der Waals surface area contributed by atoms with E-state index in [1.54, 1.807) is 0 Å². The first-order valence-electron chi connectivity index (χ1n) is 5.82. The van der Waals surface area contributed by atoms with E-state index in [2.05, 4.69) is 4.98 Å². The van der Waals surface area contributed by atoms with Crippen LogP contribution in [0.15, 0.2) is 41.6 Å². The van der Waals surface area contributed by atoms with E-state index in [1.807, 2.05) is 0 Å². The summed E-state index contributed by atoms with van der Waals surface area (Å²) in [5.41, 5.74) is 11.4. The number of nitrogen functional groups attached to an aromatic ring is 1. The van der Waals surface area contributed by atoms with Crippen LogP contribution in [0.4, 0.5) is 5.69 Å². The van der Waals surface area contributed by atoms with Crippen molar-refractivity contribution in [3.8, 4) is 0 Å². The second-order valence-electron chi connectivity index (χ2n) is 4.34. The monoisotopic (exact) mass is 325 g/mol. The van der Waals surface area contributed by atoms with Gasteiger partial charge < -0.3 is 11.5 Å². The molecule has 2 aromatic rings. The number of primary amides is 1. The number of carbonyl (C=O) groups excluding carboxylic acids is 1. The number of hydrogen-bond acceptors (Lipinski definition) is 5. The van der Waals surface area contributed by atoms with Gasteiger partial charge in [-0.2, -0.15) is 0 Å². The summed E-state index contributed by atoms with van der Waals surface area (Å²) in [5, 5.41) is 0.155. The van der Waals surface area contributed by atoms with Gasteiger partial charge >= 0.3 is 0 Å². The van der Waals surface area contributed by atoms with Crippen molar-refractivity contribution in [2.45, 2.75) is 10.6 Å². The van der Waals surface area contributed by atoms with E-state index in [-0.39, 0.29) is 26.9 Å². The Morgan fingerprint density at radius 3 is 2.57 bits per heavy atom. The largest absolute Gasteiger partial charge is 0.396 e. The maximum atomic E-state index is 12.3. The van der Waals surface area contributed by atoms with Crippen molar-refractivity contribution < 1.29 is 13.2 Å². The summed E-state index contributed by atoms with van der Waals surface area (Å²) in [6.07, 6.45) is 2.62. The molecule has 0 atom stereocenters. The molecule has 1 aromatic heterocycles. The molecule has 0 aliphatic heterocycles. The Balaban J connectivity index is 2.38. The highest BCUT2D eigenvalue weighted by Crippen LogP contribution is 2.25. The second-order valence-corrected chi connectivity index (χ2v) is 6.71. The molecule has 1 amide bonds. The number of benzene rings is 1. The Labute approximate surface area is 126 Å². The van der Waals surface area contributed by atoms with Gasteiger partial charge in [-0.25, -0.2) is 8.42 Å². The normalized spacial score (nSPS) is 11.3. The highest BCUT2D eigenvalue weighted by molar-refractivity contribution is 7.90. The number of anilines is 1. The van der Waals surface area contributed by atoms with Gasteiger partial charge in [-0.05, 0) is 23.8 Å². The minimum Gasteiger partial charge on any atom is -0.396 e. The number of pyridine rings is 1. The zero-order valence-corrected chi connectivity index (χ0v) is 12.4. The lowest BCUT2D eigenvalue weighted by Crippen LogP contribution is -2.12. The number of nitrogens with zero attached hydrogens (tertiary/aromatic N) is 1. The van der Waals surface area contributed by atoms with Gasteiger partial charge in [0.25, 0.3) is 0 Å². The minimum atomic E-state index is -3.67. The first kappa shape index (κ1) is 15.3. The van der Waals surface area contributed by atoms with Crippen molar-refractivity contribution in [2.24, 2.45) is 5.73 Å². The van der Waals surface area contributed by atoms with Crippen LogP contribution >= 0.6 is 11.6 Å². The molecule has 8 heteroatoms. The molecule has 0 aliphatic rings. The Morgan fingerprint density at radius 2 is 2.00 bits per heavy atom. The Hall–Kier alpha value is -2.12. The van der Waals surface area contributed by atoms with Crippen molar-refractivity contribution >= 4 is 33.0 Å². The molecule has 21 heavy (non-hydrogen) atoms. The van der Waals surface area contributed by atoms with Gasteiger partial charge in [0, 0.05) is 16.8 Å². The van der Waals surface area contributed by atoms with Crippen LogP contribution in [0.3, 0.4) is 0 Å². The standard InChI is InChI=1S/C13H12ClN3O3S/c14-10-5-8(13(16)18)1-2-9(10)7-21(19,20)12-3-4-17-6-11(12)15/h1-6H,7,15H2,(H2,16,18). The maximum absolute atomic E-state index is 12.3. The van der Waals surface area contributed by atoms with Crippen LogP contribution in [0.25, 0.3) is 0 Å². The van der Waals surface area contributed by atoms with E-state index in [0.717, 1.165) is 0 Å². The molecular formula is C13H12ClN3O3S. The van der Waals surface area contributed by atoms with Crippen LogP contribution in [-0.2, 0) is 15.6 Å². The third-order valence-electron chi connectivity index (χ3n) is 2.83. The number of amides is 1. The maximum Gasteiger partial charge on any atom is 0.248 e. The Kier molecular flexibility index (Phi) is 4.15. The van der Waals surface area contributed by atoms with Gasteiger partial charge in [0.1, 0.15) is 0 Å². The highest BCUT2D eigenvalue weighted by atomic mass is 35.5. The van der Waals surface area contributed by atoms with Crippen LogP contribution in [0, 0.1) is 0 Å². The van der Waals surface area contributed by atoms with Crippen molar-refractivity contribution in [2.75, 3.05) is 5.73 Å². The molecule has 0 radical (unpaired) electrons. The number of halogens is 1. The molecule has 0 saturated heterocycles. The molecule has 6 nitrogen and oxygen atoms in total. The number of hydrogen-bond donors (Lipinski definition) is 2. The molecule has 2 rings (SSSR count). The fraction of sp³-hybridized carbons (Fsp3) is 0.0769.